The molecule has 2 aromatic carbocycles. The molecule has 4 heteroatoms. The van der Waals surface area contributed by atoms with E-state index in [0.717, 1.165) is 18.2 Å². The molecule has 0 radical (unpaired) electrons. The maximum atomic E-state index is 5.53. The summed E-state index contributed by atoms with van der Waals surface area (Å²) in [5, 5.41) is 7.39. The highest BCUT2D eigenvalue weighted by Crippen LogP contribution is 2.25. The predicted molar refractivity (Wildman–Crippen MR) is 121 cm³/mol. The van der Waals surface area contributed by atoms with Crippen LogP contribution in [0.3, 0.4) is 0 Å². The van der Waals surface area contributed by atoms with Crippen molar-refractivity contribution in [2.45, 2.75) is 46.6 Å². The third kappa shape index (κ3) is 5.23. The lowest BCUT2D eigenvalue weighted by atomic mass is 9.99. The Labute approximate surface area is 169 Å². The summed E-state index contributed by atoms with van der Waals surface area (Å²) in [6.07, 6.45) is 2.64. The van der Waals surface area contributed by atoms with Gasteiger partial charge in [0.25, 0.3) is 0 Å². The summed E-state index contributed by atoms with van der Waals surface area (Å²) < 4.78 is 0. The lowest BCUT2D eigenvalue weighted by Gasteiger charge is -2.33. The first-order chi connectivity index (χ1) is 12.9. The number of hydrogen-bond acceptors (Lipinski definition) is 2. The quantitative estimate of drug-likeness (QED) is 0.675. The molecule has 27 heavy (non-hydrogen) atoms. The van der Waals surface area contributed by atoms with E-state index in [1.54, 1.807) is 0 Å². The van der Waals surface area contributed by atoms with Crippen molar-refractivity contribution in [3.8, 4) is 0 Å². The van der Waals surface area contributed by atoms with Crippen molar-refractivity contribution < 1.29 is 0 Å². The van der Waals surface area contributed by atoms with Gasteiger partial charge in [0.05, 0.1) is 6.04 Å². The van der Waals surface area contributed by atoms with E-state index in [0.29, 0.717) is 5.11 Å². The van der Waals surface area contributed by atoms with E-state index in [4.69, 9.17) is 12.2 Å². The van der Waals surface area contributed by atoms with Gasteiger partial charge in [0, 0.05) is 24.5 Å². The SMILES string of the molecule is Cc1ccc(C)c(NC(=S)N[C@H](C)c2ccc(N3CCC[C@H](C)C3)cc2)c1. The number of piperidine rings is 1. The van der Waals surface area contributed by atoms with Gasteiger partial charge in [0.15, 0.2) is 5.11 Å². The summed E-state index contributed by atoms with van der Waals surface area (Å²) in [5.41, 5.74) is 6.05. The first-order valence-electron chi connectivity index (χ1n) is 9.92. The molecule has 1 fully saturated rings. The Morgan fingerprint density at radius 1 is 1.15 bits per heavy atom. The van der Waals surface area contributed by atoms with Crippen LogP contribution in [0.4, 0.5) is 11.4 Å². The Bertz CT molecular complexity index is 785. The minimum atomic E-state index is 0.157. The molecule has 2 atom stereocenters. The zero-order chi connectivity index (χ0) is 19.4. The zero-order valence-electron chi connectivity index (χ0n) is 16.9. The van der Waals surface area contributed by atoms with Gasteiger partial charge >= 0.3 is 0 Å². The summed E-state index contributed by atoms with van der Waals surface area (Å²) in [4.78, 5) is 2.50. The highest BCUT2D eigenvalue weighted by atomic mass is 32.1. The maximum absolute atomic E-state index is 5.53. The second kappa shape index (κ2) is 8.75. The van der Waals surface area contributed by atoms with Crippen LogP contribution in [0.15, 0.2) is 42.5 Å². The maximum Gasteiger partial charge on any atom is 0.171 e. The van der Waals surface area contributed by atoms with Crippen LogP contribution in [0.2, 0.25) is 0 Å². The third-order valence-corrected chi connectivity index (χ3v) is 5.62. The number of aryl methyl sites for hydroxylation is 2. The van der Waals surface area contributed by atoms with Gasteiger partial charge in [-0.2, -0.15) is 0 Å². The van der Waals surface area contributed by atoms with Gasteiger partial charge in [-0.25, -0.2) is 0 Å². The van der Waals surface area contributed by atoms with Gasteiger partial charge in [0.1, 0.15) is 0 Å². The average molecular weight is 382 g/mol. The zero-order valence-corrected chi connectivity index (χ0v) is 17.7. The van der Waals surface area contributed by atoms with Crippen LogP contribution < -0.4 is 15.5 Å². The van der Waals surface area contributed by atoms with E-state index in [9.17, 15) is 0 Å². The van der Waals surface area contributed by atoms with Crippen LogP contribution in [0.25, 0.3) is 0 Å². The van der Waals surface area contributed by atoms with E-state index in [1.165, 1.54) is 41.8 Å². The van der Waals surface area contributed by atoms with Gasteiger partial charge in [-0.15, -0.1) is 0 Å². The standard InChI is InChI=1S/C23H31N3S/c1-16-7-8-18(3)22(14-16)25-23(27)24-19(4)20-9-11-21(12-10-20)26-13-5-6-17(2)15-26/h7-12,14,17,19H,5-6,13,15H2,1-4H3,(H2,24,25,27)/t17-,19+/m0/s1. The molecule has 1 aliphatic rings. The van der Waals surface area contributed by atoms with Crippen LogP contribution in [-0.4, -0.2) is 18.2 Å². The minimum absolute atomic E-state index is 0.157. The van der Waals surface area contributed by atoms with Crippen molar-refractivity contribution in [2.75, 3.05) is 23.3 Å². The second-order valence-corrected chi connectivity index (χ2v) is 8.33. The normalized spacial score (nSPS) is 18.1. The minimum Gasteiger partial charge on any atom is -0.371 e. The molecule has 0 bridgehead atoms. The predicted octanol–water partition coefficient (Wildman–Crippen LogP) is 5.59. The van der Waals surface area contributed by atoms with Gasteiger partial charge in [-0.1, -0.05) is 31.2 Å². The smallest absolute Gasteiger partial charge is 0.171 e. The molecule has 0 saturated carbocycles. The molecule has 3 rings (SSSR count). The van der Waals surface area contributed by atoms with Crippen LogP contribution in [0, 0.1) is 19.8 Å². The molecule has 3 nitrogen and oxygen atoms in total. The van der Waals surface area contributed by atoms with Crippen molar-refractivity contribution in [2.24, 2.45) is 5.92 Å². The number of rotatable bonds is 4. The Morgan fingerprint density at radius 3 is 2.59 bits per heavy atom. The summed E-state index contributed by atoms with van der Waals surface area (Å²) in [7, 11) is 0. The molecular weight excluding hydrogens is 350 g/mol. The fourth-order valence-corrected chi connectivity index (χ4v) is 3.99. The molecule has 2 aromatic rings. The fraction of sp³-hybridized carbons (Fsp3) is 0.435. The second-order valence-electron chi connectivity index (χ2n) is 7.92. The molecule has 0 spiro atoms. The summed E-state index contributed by atoms with van der Waals surface area (Å²) >= 11 is 5.53. The first kappa shape index (κ1) is 19.7. The van der Waals surface area contributed by atoms with Crippen LogP contribution in [-0.2, 0) is 0 Å². The van der Waals surface area contributed by atoms with Crippen LogP contribution >= 0.6 is 12.2 Å². The van der Waals surface area contributed by atoms with Crippen LogP contribution in [0.5, 0.6) is 0 Å². The molecule has 0 aromatic heterocycles. The number of nitrogens with one attached hydrogen (secondary N) is 2. The fourth-order valence-electron chi connectivity index (χ4n) is 3.71. The first-order valence-corrected chi connectivity index (χ1v) is 10.3. The van der Waals surface area contributed by atoms with E-state index in [1.807, 2.05) is 0 Å². The third-order valence-electron chi connectivity index (χ3n) is 5.40. The van der Waals surface area contributed by atoms with Gasteiger partial charge in [-0.3, -0.25) is 0 Å². The number of nitrogens with zero attached hydrogens (tertiary/aromatic N) is 1. The Kier molecular flexibility index (Phi) is 6.38. The lowest BCUT2D eigenvalue weighted by Crippen LogP contribution is -2.34. The molecule has 0 unspecified atom stereocenters. The summed E-state index contributed by atoms with van der Waals surface area (Å²) in [5.74, 6) is 0.785. The molecule has 1 saturated heterocycles. The van der Waals surface area contributed by atoms with Crippen molar-refractivity contribution in [1.82, 2.24) is 5.32 Å². The van der Waals surface area contributed by atoms with Crippen molar-refractivity contribution in [3.05, 3.63) is 59.2 Å². The molecule has 0 aliphatic carbocycles. The van der Waals surface area contributed by atoms with E-state index < -0.39 is 0 Å². The lowest BCUT2D eigenvalue weighted by molar-refractivity contribution is 0.447. The molecule has 1 aliphatic heterocycles. The summed E-state index contributed by atoms with van der Waals surface area (Å²) in [6.45, 7) is 11.0. The number of hydrogen-bond donors (Lipinski definition) is 2. The van der Waals surface area contributed by atoms with E-state index in [2.05, 4.69) is 85.7 Å². The number of thiocarbonyl (C=S) groups is 1. The van der Waals surface area contributed by atoms with Gasteiger partial charge in [-0.05, 0) is 86.6 Å². The number of benzene rings is 2. The molecule has 1 heterocycles. The van der Waals surface area contributed by atoms with E-state index >= 15 is 0 Å². The van der Waals surface area contributed by atoms with Crippen molar-refractivity contribution >= 4 is 28.7 Å². The highest BCUT2D eigenvalue weighted by molar-refractivity contribution is 7.80. The monoisotopic (exact) mass is 381 g/mol. The topological polar surface area (TPSA) is 27.3 Å². The molecule has 144 valence electrons. The Hall–Kier alpha value is -2.07. The highest BCUT2D eigenvalue weighted by Gasteiger charge is 2.17. The molecular formula is C23H31N3S. The molecule has 0 amide bonds. The largest absolute Gasteiger partial charge is 0.371 e. The van der Waals surface area contributed by atoms with E-state index in [-0.39, 0.29) is 6.04 Å². The Balaban J connectivity index is 1.59. The molecule has 2 N–H and O–H groups in total. The van der Waals surface area contributed by atoms with Crippen LogP contribution in [0.1, 0.15) is 49.4 Å². The van der Waals surface area contributed by atoms with Crippen molar-refractivity contribution in [3.63, 3.8) is 0 Å². The average Bonchev–Trinajstić information content (AvgIpc) is 2.65. The van der Waals surface area contributed by atoms with Gasteiger partial charge < -0.3 is 15.5 Å². The summed E-state index contributed by atoms with van der Waals surface area (Å²) in [6, 6.07) is 15.4. The Morgan fingerprint density at radius 2 is 1.89 bits per heavy atom. The number of anilines is 2. The van der Waals surface area contributed by atoms with Crippen molar-refractivity contribution in [1.29, 1.82) is 0 Å². The van der Waals surface area contributed by atoms with Gasteiger partial charge in [0.2, 0.25) is 0 Å².